The molecule has 0 radical (unpaired) electrons. The number of hydrogen-bond acceptors (Lipinski definition) is 10. The molecule has 0 aliphatic rings. The molecule has 0 fully saturated rings. The minimum Gasteiger partial charge on any atom is -0.455 e. The highest BCUT2D eigenvalue weighted by atomic mass is 32.2. The lowest BCUT2D eigenvalue weighted by molar-refractivity contribution is -0.144. The molecular formula is C19H18N6O6S. The fraction of sp³-hybridized carbons (Fsp3) is 0.211. The maximum Gasteiger partial charge on any atom is 0.321 e. The Labute approximate surface area is 182 Å². The lowest BCUT2D eigenvalue weighted by Crippen LogP contribution is -2.30. The highest BCUT2D eigenvalue weighted by Gasteiger charge is 2.23. The first-order chi connectivity index (χ1) is 15.3. The third kappa shape index (κ3) is 4.58. The summed E-state index contributed by atoms with van der Waals surface area (Å²) in [6, 6.07) is 9.35. The van der Waals surface area contributed by atoms with E-state index in [0.717, 1.165) is 5.56 Å². The summed E-state index contributed by atoms with van der Waals surface area (Å²) in [6.07, 6.45) is 2.48. The Morgan fingerprint density at radius 1 is 1.22 bits per heavy atom. The SMILES string of the molecule is Cc1onc(-c2ccccc2)c1-c1nnc(COC(=O)CNS(=O)(=O)c2cnn(C)c2)o1. The van der Waals surface area contributed by atoms with E-state index in [0.29, 0.717) is 17.0 Å². The van der Waals surface area contributed by atoms with Crippen LogP contribution in [0.3, 0.4) is 0 Å². The summed E-state index contributed by atoms with van der Waals surface area (Å²) in [5.41, 5.74) is 1.89. The fourth-order valence-corrected chi connectivity index (χ4v) is 3.75. The summed E-state index contributed by atoms with van der Waals surface area (Å²) in [5.74, 6) is -0.141. The van der Waals surface area contributed by atoms with E-state index in [9.17, 15) is 13.2 Å². The van der Waals surface area contributed by atoms with Crippen LogP contribution in [0.4, 0.5) is 0 Å². The Bertz CT molecular complexity index is 1340. The van der Waals surface area contributed by atoms with Crippen LogP contribution in [0.1, 0.15) is 11.7 Å². The molecule has 0 saturated heterocycles. The lowest BCUT2D eigenvalue weighted by atomic mass is 10.1. The summed E-state index contributed by atoms with van der Waals surface area (Å²) in [6.45, 7) is 0.819. The molecule has 1 N–H and O–H groups in total. The van der Waals surface area contributed by atoms with E-state index in [1.807, 2.05) is 30.3 Å². The Balaban J connectivity index is 1.38. The van der Waals surface area contributed by atoms with Gasteiger partial charge in [0.25, 0.3) is 11.8 Å². The van der Waals surface area contributed by atoms with Gasteiger partial charge in [0.2, 0.25) is 10.0 Å². The van der Waals surface area contributed by atoms with Gasteiger partial charge in [0.1, 0.15) is 28.5 Å². The van der Waals surface area contributed by atoms with Gasteiger partial charge in [-0.1, -0.05) is 35.5 Å². The van der Waals surface area contributed by atoms with Gasteiger partial charge in [-0.15, -0.1) is 10.2 Å². The lowest BCUT2D eigenvalue weighted by Gasteiger charge is -2.04. The number of nitrogens with zero attached hydrogens (tertiary/aromatic N) is 5. The van der Waals surface area contributed by atoms with Gasteiger partial charge in [-0.2, -0.15) is 9.82 Å². The Morgan fingerprint density at radius 3 is 2.72 bits per heavy atom. The summed E-state index contributed by atoms with van der Waals surface area (Å²) < 4.78 is 43.6. The number of hydrogen-bond donors (Lipinski definition) is 1. The van der Waals surface area contributed by atoms with Crippen LogP contribution in [-0.4, -0.2) is 46.1 Å². The van der Waals surface area contributed by atoms with Crippen molar-refractivity contribution in [1.82, 2.24) is 29.9 Å². The molecule has 4 aromatic rings. The maximum atomic E-state index is 12.1. The molecule has 0 aliphatic carbocycles. The number of carbonyl (C=O) groups excluding carboxylic acids is 1. The van der Waals surface area contributed by atoms with Crippen molar-refractivity contribution in [2.45, 2.75) is 18.4 Å². The van der Waals surface area contributed by atoms with Crippen molar-refractivity contribution >= 4 is 16.0 Å². The number of aromatic nitrogens is 5. The molecule has 0 bridgehead atoms. The van der Waals surface area contributed by atoms with Crippen LogP contribution in [-0.2, 0) is 33.2 Å². The Morgan fingerprint density at radius 2 is 2.00 bits per heavy atom. The molecule has 0 spiro atoms. The first kappa shape index (κ1) is 21.4. The monoisotopic (exact) mass is 458 g/mol. The van der Waals surface area contributed by atoms with Crippen molar-refractivity contribution in [3.05, 3.63) is 54.4 Å². The van der Waals surface area contributed by atoms with E-state index in [-0.39, 0.29) is 23.3 Å². The number of rotatable bonds is 8. The van der Waals surface area contributed by atoms with Crippen LogP contribution < -0.4 is 4.72 Å². The average molecular weight is 458 g/mol. The van der Waals surface area contributed by atoms with E-state index in [4.69, 9.17) is 13.7 Å². The van der Waals surface area contributed by atoms with E-state index < -0.39 is 22.5 Å². The second-order valence-electron chi connectivity index (χ2n) is 6.66. The quantitative estimate of drug-likeness (QED) is 0.383. The number of esters is 1. The molecule has 3 heterocycles. The van der Waals surface area contributed by atoms with Crippen LogP contribution in [0.15, 0.2) is 56.6 Å². The zero-order chi connectivity index (χ0) is 22.7. The number of aryl methyl sites for hydroxylation is 2. The molecule has 0 unspecified atom stereocenters. The van der Waals surface area contributed by atoms with Crippen molar-refractivity contribution in [1.29, 1.82) is 0 Å². The van der Waals surface area contributed by atoms with Gasteiger partial charge in [0.15, 0.2) is 6.61 Å². The molecule has 3 aromatic heterocycles. The summed E-state index contributed by atoms with van der Waals surface area (Å²) in [7, 11) is -2.30. The van der Waals surface area contributed by atoms with E-state index >= 15 is 0 Å². The normalized spacial score (nSPS) is 11.6. The Kier molecular flexibility index (Phi) is 5.83. The van der Waals surface area contributed by atoms with Gasteiger partial charge in [0.05, 0.1) is 6.20 Å². The van der Waals surface area contributed by atoms with Crippen LogP contribution in [0.5, 0.6) is 0 Å². The predicted octanol–water partition coefficient (Wildman–Crippen LogP) is 1.46. The minimum atomic E-state index is -3.88. The summed E-state index contributed by atoms with van der Waals surface area (Å²) in [5, 5.41) is 15.7. The number of carbonyl (C=O) groups is 1. The molecule has 166 valence electrons. The van der Waals surface area contributed by atoms with Crippen LogP contribution in [0.2, 0.25) is 0 Å². The second kappa shape index (κ2) is 8.72. The first-order valence-electron chi connectivity index (χ1n) is 9.32. The van der Waals surface area contributed by atoms with E-state index in [2.05, 4.69) is 25.2 Å². The van der Waals surface area contributed by atoms with Crippen LogP contribution >= 0.6 is 0 Å². The predicted molar refractivity (Wildman–Crippen MR) is 108 cm³/mol. The zero-order valence-electron chi connectivity index (χ0n) is 17.0. The maximum absolute atomic E-state index is 12.1. The first-order valence-corrected chi connectivity index (χ1v) is 10.8. The van der Waals surface area contributed by atoms with Gasteiger partial charge in [-0.25, -0.2) is 8.42 Å². The van der Waals surface area contributed by atoms with Crippen molar-refractivity contribution in [3.8, 4) is 22.7 Å². The second-order valence-corrected chi connectivity index (χ2v) is 8.43. The van der Waals surface area contributed by atoms with Crippen LogP contribution in [0.25, 0.3) is 22.7 Å². The molecule has 0 saturated carbocycles. The fourth-order valence-electron chi connectivity index (χ4n) is 2.80. The molecule has 0 atom stereocenters. The van der Waals surface area contributed by atoms with Gasteiger partial charge in [-0.05, 0) is 6.92 Å². The van der Waals surface area contributed by atoms with Crippen molar-refractivity contribution in [2.24, 2.45) is 7.05 Å². The molecular weight excluding hydrogens is 440 g/mol. The molecule has 0 aliphatic heterocycles. The van der Waals surface area contributed by atoms with Crippen molar-refractivity contribution < 1.29 is 26.9 Å². The minimum absolute atomic E-state index is 0.0306. The number of sulfonamides is 1. The summed E-state index contributed by atoms with van der Waals surface area (Å²) >= 11 is 0. The third-order valence-electron chi connectivity index (χ3n) is 4.35. The van der Waals surface area contributed by atoms with E-state index in [1.54, 1.807) is 14.0 Å². The van der Waals surface area contributed by atoms with Crippen LogP contribution in [0, 0.1) is 6.92 Å². The number of benzene rings is 1. The van der Waals surface area contributed by atoms with Gasteiger partial charge >= 0.3 is 5.97 Å². The molecule has 32 heavy (non-hydrogen) atoms. The van der Waals surface area contributed by atoms with Gasteiger partial charge < -0.3 is 13.7 Å². The third-order valence-corrected chi connectivity index (χ3v) is 5.70. The largest absolute Gasteiger partial charge is 0.455 e. The van der Waals surface area contributed by atoms with E-state index in [1.165, 1.54) is 17.1 Å². The highest BCUT2D eigenvalue weighted by molar-refractivity contribution is 7.89. The molecule has 13 heteroatoms. The molecule has 4 rings (SSSR count). The highest BCUT2D eigenvalue weighted by Crippen LogP contribution is 2.33. The smallest absolute Gasteiger partial charge is 0.321 e. The molecule has 12 nitrogen and oxygen atoms in total. The molecule has 1 aromatic carbocycles. The zero-order valence-corrected chi connectivity index (χ0v) is 17.9. The van der Waals surface area contributed by atoms with Crippen molar-refractivity contribution in [2.75, 3.05) is 6.54 Å². The topological polar surface area (TPSA) is 155 Å². The average Bonchev–Trinajstić information content (AvgIpc) is 3.51. The van der Waals surface area contributed by atoms with Gasteiger partial charge in [-0.3, -0.25) is 9.48 Å². The van der Waals surface area contributed by atoms with Gasteiger partial charge in [0, 0.05) is 18.8 Å². The molecule has 0 amide bonds. The number of ether oxygens (including phenoxy) is 1. The standard InChI is InChI=1S/C19H18N6O6S/c1-12-17(18(24-31-12)13-6-4-3-5-7-13)19-23-22-15(30-19)11-29-16(26)9-21-32(27,28)14-8-20-25(2)10-14/h3-8,10,21H,9,11H2,1-2H3. The van der Waals surface area contributed by atoms with Crippen molar-refractivity contribution in [3.63, 3.8) is 0 Å². The Hall–Kier alpha value is -3.84. The summed E-state index contributed by atoms with van der Waals surface area (Å²) in [4.78, 5) is 11.9. The number of nitrogens with one attached hydrogen (secondary N) is 1.